The summed E-state index contributed by atoms with van der Waals surface area (Å²) in [7, 11) is 0. The van der Waals surface area contributed by atoms with Crippen LogP contribution in [0.15, 0.2) is 54.2 Å². The van der Waals surface area contributed by atoms with Crippen LogP contribution in [-0.2, 0) is 6.54 Å². The van der Waals surface area contributed by atoms with Crippen molar-refractivity contribution in [1.29, 1.82) is 0 Å². The summed E-state index contributed by atoms with van der Waals surface area (Å²) in [6, 6.07) is 12.1. The minimum absolute atomic E-state index is 0.568. The second-order valence-electron chi connectivity index (χ2n) is 4.18. The molecule has 0 unspecified atom stereocenters. The number of benzene rings is 1. The van der Waals surface area contributed by atoms with E-state index >= 15 is 0 Å². The second kappa shape index (κ2) is 5.30. The highest BCUT2D eigenvalue weighted by atomic mass is 32.1. The van der Waals surface area contributed by atoms with Crippen LogP contribution in [0.25, 0.3) is 21.8 Å². The first-order valence-electron chi connectivity index (χ1n) is 6.02. The van der Waals surface area contributed by atoms with E-state index in [-0.39, 0.29) is 0 Å². The van der Waals surface area contributed by atoms with Gasteiger partial charge in [0, 0.05) is 35.4 Å². The van der Waals surface area contributed by atoms with E-state index in [1.807, 2.05) is 30.5 Å². The second-order valence-corrected chi connectivity index (χ2v) is 5.04. The molecule has 0 saturated carbocycles. The van der Waals surface area contributed by atoms with Crippen molar-refractivity contribution in [2.75, 3.05) is 0 Å². The molecule has 3 nitrogen and oxygen atoms in total. The number of rotatable bonds is 3. The van der Waals surface area contributed by atoms with E-state index in [1.165, 1.54) is 0 Å². The van der Waals surface area contributed by atoms with Gasteiger partial charge < -0.3 is 5.73 Å². The van der Waals surface area contributed by atoms with E-state index < -0.39 is 0 Å². The average molecular weight is 267 g/mol. The van der Waals surface area contributed by atoms with Gasteiger partial charge in [-0.15, -0.1) is 11.3 Å². The maximum absolute atomic E-state index is 5.60. The van der Waals surface area contributed by atoms with Crippen molar-refractivity contribution in [3.8, 4) is 21.8 Å². The Morgan fingerprint density at radius 2 is 1.89 bits per heavy atom. The Morgan fingerprint density at radius 3 is 2.58 bits per heavy atom. The van der Waals surface area contributed by atoms with Crippen LogP contribution in [0.4, 0.5) is 0 Å². The van der Waals surface area contributed by atoms with Gasteiger partial charge in [0.1, 0.15) is 5.01 Å². The van der Waals surface area contributed by atoms with Crippen LogP contribution in [0.2, 0.25) is 0 Å². The molecule has 0 atom stereocenters. The molecule has 0 aliphatic heterocycles. The standard InChI is InChI=1S/C15H13N3S/c16-8-11-3-5-12(6-4-11)14-10-19-15(18-14)13-2-1-7-17-9-13/h1-7,9-10H,8,16H2. The lowest BCUT2D eigenvalue weighted by Crippen LogP contribution is -1.95. The van der Waals surface area contributed by atoms with Gasteiger partial charge in [0.25, 0.3) is 0 Å². The monoisotopic (exact) mass is 267 g/mol. The molecule has 0 saturated heterocycles. The molecule has 19 heavy (non-hydrogen) atoms. The maximum atomic E-state index is 5.60. The molecule has 3 aromatic rings. The van der Waals surface area contributed by atoms with Gasteiger partial charge in [-0.3, -0.25) is 4.98 Å². The fraction of sp³-hybridized carbons (Fsp3) is 0.0667. The van der Waals surface area contributed by atoms with Gasteiger partial charge in [-0.25, -0.2) is 4.98 Å². The van der Waals surface area contributed by atoms with Gasteiger partial charge in [-0.1, -0.05) is 24.3 Å². The van der Waals surface area contributed by atoms with Gasteiger partial charge >= 0.3 is 0 Å². The number of aromatic nitrogens is 2. The zero-order valence-electron chi connectivity index (χ0n) is 10.3. The number of pyridine rings is 1. The summed E-state index contributed by atoms with van der Waals surface area (Å²) in [5.41, 5.74) is 9.89. The number of nitrogens with zero attached hydrogens (tertiary/aromatic N) is 2. The highest BCUT2D eigenvalue weighted by Crippen LogP contribution is 2.28. The molecule has 0 fully saturated rings. The molecule has 2 N–H and O–H groups in total. The van der Waals surface area contributed by atoms with Crippen LogP contribution in [-0.4, -0.2) is 9.97 Å². The molecule has 1 aromatic carbocycles. The SMILES string of the molecule is NCc1ccc(-c2csc(-c3cccnc3)n2)cc1. The van der Waals surface area contributed by atoms with Crippen molar-refractivity contribution in [3.05, 3.63) is 59.7 Å². The Morgan fingerprint density at radius 1 is 1.05 bits per heavy atom. The Balaban J connectivity index is 1.92. The molecule has 2 heterocycles. The molecule has 4 heteroatoms. The number of nitrogens with two attached hydrogens (primary N) is 1. The minimum atomic E-state index is 0.568. The van der Waals surface area contributed by atoms with Crippen LogP contribution in [0.5, 0.6) is 0 Å². The van der Waals surface area contributed by atoms with E-state index in [9.17, 15) is 0 Å². The van der Waals surface area contributed by atoms with Crippen LogP contribution < -0.4 is 5.73 Å². The first-order chi connectivity index (χ1) is 9.36. The Hall–Kier alpha value is -2.04. The largest absolute Gasteiger partial charge is 0.326 e. The highest BCUT2D eigenvalue weighted by Gasteiger charge is 2.06. The van der Waals surface area contributed by atoms with Crippen molar-refractivity contribution < 1.29 is 0 Å². The van der Waals surface area contributed by atoms with Crippen LogP contribution in [0.1, 0.15) is 5.56 Å². The third-order valence-corrected chi connectivity index (χ3v) is 3.79. The predicted molar refractivity (Wildman–Crippen MR) is 78.7 cm³/mol. The summed E-state index contributed by atoms with van der Waals surface area (Å²) >= 11 is 1.63. The summed E-state index contributed by atoms with van der Waals surface area (Å²) < 4.78 is 0. The van der Waals surface area contributed by atoms with E-state index in [2.05, 4.69) is 27.5 Å². The summed E-state index contributed by atoms with van der Waals surface area (Å²) in [4.78, 5) is 8.77. The van der Waals surface area contributed by atoms with Crippen molar-refractivity contribution in [2.45, 2.75) is 6.54 Å². The lowest BCUT2D eigenvalue weighted by Gasteiger charge is -1.99. The molecule has 3 rings (SSSR count). The Bertz CT molecular complexity index is 659. The van der Waals surface area contributed by atoms with E-state index in [4.69, 9.17) is 5.73 Å². The van der Waals surface area contributed by atoms with Crippen molar-refractivity contribution in [3.63, 3.8) is 0 Å². The molecular formula is C15H13N3S. The minimum Gasteiger partial charge on any atom is -0.326 e. The van der Waals surface area contributed by atoms with Crippen LogP contribution >= 0.6 is 11.3 Å². The maximum Gasteiger partial charge on any atom is 0.125 e. The van der Waals surface area contributed by atoms with E-state index in [0.717, 1.165) is 27.4 Å². The van der Waals surface area contributed by atoms with Gasteiger partial charge in [0.2, 0.25) is 0 Å². The molecule has 0 aliphatic carbocycles. The third-order valence-electron chi connectivity index (χ3n) is 2.90. The van der Waals surface area contributed by atoms with Crippen LogP contribution in [0.3, 0.4) is 0 Å². The molecular weight excluding hydrogens is 254 g/mol. The lowest BCUT2D eigenvalue weighted by atomic mass is 10.1. The Kier molecular flexibility index (Phi) is 3.35. The van der Waals surface area contributed by atoms with Gasteiger partial charge in [-0.2, -0.15) is 0 Å². The zero-order valence-corrected chi connectivity index (χ0v) is 11.1. The molecule has 2 aromatic heterocycles. The first kappa shape index (κ1) is 12.0. The van der Waals surface area contributed by atoms with Gasteiger partial charge in [0.05, 0.1) is 5.69 Å². The molecule has 0 radical (unpaired) electrons. The van der Waals surface area contributed by atoms with Crippen LogP contribution in [0, 0.1) is 0 Å². The summed E-state index contributed by atoms with van der Waals surface area (Å²) in [5, 5.41) is 3.06. The lowest BCUT2D eigenvalue weighted by molar-refractivity contribution is 1.07. The van der Waals surface area contributed by atoms with Crippen molar-refractivity contribution in [2.24, 2.45) is 5.73 Å². The van der Waals surface area contributed by atoms with Crippen molar-refractivity contribution >= 4 is 11.3 Å². The Labute approximate surface area is 115 Å². The first-order valence-corrected chi connectivity index (χ1v) is 6.90. The summed E-state index contributed by atoms with van der Waals surface area (Å²) in [6.07, 6.45) is 3.60. The quantitative estimate of drug-likeness (QED) is 0.792. The summed E-state index contributed by atoms with van der Waals surface area (Å²) in [6.45, 7) is 0.568. The van der Waals surface area contributed by atoms with Gasteiger partial charge in [0.15, 0.2) is 0 Å². The molecule has 0 bridgehead atoms. The molecule has 0 spiro atoms. The van der Waals surface area contributed by atoms with E-state index in [1.54, 1.807) is 17.5 Å². The average Bonchev–Trinajstić information content (AvgIpc) is 2.98. The van der Waals surface area contributed by atoms with Crippen molar-refractivity contribution in [1.82, 2.24) is 9.97 Å². The number of hydrogen-bond acceptors (Lipinski definition) is 4. The fourth-order valence-corrected chi connectivity index (χ4v) is 2.66. The smallest absolute Gasteiger partial charge is 0.125 e. The molecule has 0 amide bonds. The predicted octanol–water partition coefficient (Wildman–Crippen LogP) is 3.33. The highest BCUT2D eigenvalue weighted by molar-refractivity contribution is 7.13. The fourth-order valence-electron chi connectivity index (χ4n) is 1.84. The third kappa shape index (κ3) is 2.54. The van der Waals surface area contributed by atoms with Gasteiger partial charge in [-0.05, 0) is 17.7 Å². The van der Waals surface area contributed by atoms with E-state index in [0.29, 0.717) is 6.54 Å². The zero-order chi connectivity index (χ0) is 13.1. The summed E-state index contributed by atoms with van der Waals surface area (Å²) in [5.74, 6) is 0. The molecule has 94 valence electrons. The normalized spacial score (nSPS) is 10.6. The number of hydrogen-bond donors (Lipinski definition) is 1. The number of thiazole rings is 1. The topological polar surface area (TPSA) is 51.8 Å². The molecule has 0 aliphatic rings.